The first kappa shape index (κ1) is 18.4. The molecule has 0 saturated carbocycles. The van der Waals surface area contributed by atoms with Gasteiger partial charge in [0.15, 0.2) is 0 Å². The summed E-state index contributed by atoms with van der Waals surface area (Å²) in [4.78, 5) is 0. The van der Waals surface area contributed by atoms with Crippen LogP contribution in [0.1, 0.15) is 5.56 Å². The SMILES string of the molecule is N#C/C(=C(/O)c1ccc(Cl)cc1)P(=S)(c1ccccc1)c1ccccc1. The van der Waals surface area contributed by atoms with Crippen molar-refractivity contribution in [3.63, 3.8) is 0 Å². The topological polar surface area (TPSA) is 44.0 Å². The van der Waals surface area contributed by atoms with Crippen molar-refractivity contribution < 1.29 is 5.11 Å². The van der Waals surface area contributed by atoms with Crippen molar-refractivity contribution in [1.29, 1.82) is 5.26 Å². The van der Waals surface area contributed by atoms with E-state index in [0.29, 0.717) is 10.6 Å². The molecule has 0 heterocycles. The maximum Gasteiger partial charge on any atom is 0.142 e. The Hall–Kier alpha value is -2.37. The summed E-state index contributed by atoms with van der Waals surface area (Å²) in [6.07, 6.45) is 0. The standard InChI is InChI=1S/C21H15ClNOPS/c22-17-13-11-16(12-14-17)21(24)20(15-23)25(26,18-7-3-1-4-8-18)19-9-5-2-6-10-19/h1-14,24H/b21-20-. The summed E-state index contributed by atoms with van der Waals surface area (Å²) in [5.41, 5.74) is 0.520. The molecule has 0 bridgehead atoms. The molecule has 5 heteroatoms. The third-order valence-corrected chi connectivity index (χ3v) is 9.06. The first-order valence-corrected chi connectivity index (χ1v) is 11.1. The van der Waals surface area contributed by atoms with Crippen LogP contribution in [0, 0.1) is 11.3 Å². The minimum Gasteiger partial charge on any atom is -0.506 e. The lowest BCUT2D eigenvalue weighted by molar-refractivity contribution is 0.511. The molecule has 26 heavy (non-hydrogen) atoms. The first-order valence-electron chi connectivity index (χ1n) is 7.88. The van der Waals surface area contributed by atoms with Gasteiger partial charge in [0, 0.05) is 10.6 Å². The largest absolute Gasteiger partial charge is 0.506 e. The fourth-order valence-electron chi connectivity index (χ4n) is 2.70. The van der Waals surface area contributed by atoms with Crippen LogP contribution in [0.15, 0.2) is 90.2 Å². The van der Waals surface area contributed by atoms with Crippen LogP contribution in [0.2, 0.25) is 5.02 Å². The Morgan fingerprint density at radius 1 is 0.846 bits per heavy atom. The highest BCUT2D eigenvalue weighted by atomic mass is 35.5. The van der Waals surface area contributed by atoms with Crippen LogP contribution in [0.4, 0.5) is 0 Å². The van der Waals surface area contributed by atoms with Gasteiger partial charge in [-0.05, 0) is 34.9 Å². The predicted octanol–water partition coefficient (Wildman–Crippen LogP) is 5.22. The van der Waals surface area contributed by atoms with Crippen molar-refractivity contribution in [2.75, 3.05) is 0 Å². The van der Waals surface area contributed by atoms with E-state index in [2.05, 4.69) is 6.07 Å². The van der Waals surface area contributed by atoms with Crippen LogP contribution in [0.25, 0.3) is 5.76 Å². The van der Waals surface area contributed by atoms with Crippen molar-refractivity contribution >= 4 is 45.8 Å². The summed E-state index contributed by atoms with van der Waals surface area (Å²) in [6, 6.07) is 25.3. The highest BCUT2D eigenvalue weighted by molar-refractivity contribution is 8.24. The van der Waals surface area contributed by atoms with E-state index in [-0.39, 0.29) is 11.1 Å². The molecule has 0 saturated heterocycles. The monoisotopic (exact) mass is 395 g/mol. The van der Waals surface area contributed by atoms with Crippen LogP contribution < -0.4 is 10.6 Å². The van der Waals surface area contributed by atoms with E-state index < -0.39 is 6.04 Å². The average Bonchev–Trinajstić information content (AvgIpc) is 2.70. The normalized spacial score (nSPS) is 12.2. The van der Waals surface area contributed by atoms with E-state index in [1.807, 2.05) is 60.7 Å². The van der Waals surface area contributed by atoms with E-state index >= 15 is 0 Å². The predicted molar refractivity (Wildman–Crippen MR) is 113 cm³/mol. The molecule has 0 aromatic heterocycles. The number of halogens is 1. The molecule has 0 spiro atoms. The van der Waals surface area contributed by atoms with Crippen molar-refractivity contribution in [2.24, 2.45) is 0 Å². The van der Waals surface area contributed by atoms with Gasteiger partial charge in [0.25, 0.3) is 0 Å². The zero-order valence-electron chi connectivity index (χ0n) is 13.7. The second-order valence-corrected chi connectivity index (χ2v) is 10.4. The summed E-state index contributed by atoms with van der Waals surface area (Å²) in [5, 5.41) is 23.3. The lowest BCUT2D eigenvalue weighted by atomic mass is 10.2. The molecule has 1 N–H and O–H groups in total. The molecule has 0 aliphatic heterocycles. The van der Waals surface area contributed by atoms with Crippen LogP contribution in [-0.2, 0) is 11.8 Å². The quantitative estimate of drug-likeness (QED) is 0.374. The zero-order chi connectivity index (χ0) is 18.6. The van der Waals surface area contributed by atoms with Crippen LogP contribution >= 0.6 is 17.6 Å². The summed E-state index contributed by atoms with van der Waals surface area (Å²) in [6.45, 7) is 0. The van der Waals surface area contributed by atoms with Gasteiger partial charge < -0.3 is 5.11 Å². The number of aliphatic hydroxyl groups excluding tert-OH is 1. The fraction of sp³-hybridized carbons (Fsp3) is 0. The molecule has 0 aliphatic carbocycles. The van der Waals surface area contributed by atoms with Crippen molar-refractivity contribution in [1.82, 2.24) is 0 Å². The number of benzene rings is 3. The first-order chi connectivity index (χ1) is 12.6. The summed E-state index contributed by atoms with van der Waals surface area (Å²) >= 11 is 12.0. The van der Waals surface area contributed by atoms with Gasteiger partial charge in [0.2, 0.25) is 0 Å². The number of hydrogen-bond donors (Lipinski definition) is 1. The lowest BCUT2D eigenvalue weighted by Crippen LogP contribution is -2.17. The molecule has 0 amide bonds. The Balaban J connectivity index is 2.30. The van der Waals surface area contributed by atoms with Crippen LogP contribution in [0.3, 0.4) is 0 Å². The van der Waals surface area contributed by atoms with Gasteiger partial charge in [-0.1, -0.05) is 84.1 Å². The molecule has 2 nitrogen and oxygen atoms in total. The lowest BCUT2D eigenvalue weighted by Gasteiger charge is -2.23. The maximum absolute atomic E-state index is 10.9. The van der Waals surface area contributed by atoms with E-state index in [0.717, 1.165) is 10.6 Å². The zero-order valence-corrected chi connectivity index (χ0v) is 16.2. The Bertz CT molecular complexity index is 982. The molecule has 3 rings (SSSR count). The minimum absolute atomic E-state index is 0.0970. The third-order valence-electron chi connectivity index (χ3n) is 4.00. The Kier molecular flexibility index (Phi) is 5.59. The van der Waals surface area contributed by atoms with Gasteiger partial charge in [0.05, 0.1) is 6.04 Å². The van der Waals surface area contributed by atoms with Crippen LogP contribution in [-0.4, -0.2) is 5.11 Å². The van der Waals surface area contributed by atoms with Gasteiger partial charge in [-0.3, -0.25) is 0 Å². The van der Waals surface area contributed by atoms with E-state index in [1.54, 1.807) is 24.3 Å². The number of rotatable bonds is 4. The van der Waals surface area contributed by atoms with E-state index in [4.69, 9.17) is 23.4 Å². The van der Waals surface area contributed by atoms with Crippen molar-refractivity contribution in [3.8, 4) is 6.07 Å². The highest BCUT2D eigenvalue weighted by Gasteiger charge is 2.30. The summed E-state index contributed by atoms with van der Waals surface area (Å²) < 4.78 is 0. The van der Waals surface area contributed by atoms with Crippen molar-refractivity contribution in [3.05, 3.63) is 101 Å². The van der Waals surface area contributed by atoms with Gasteiger partial charge in [-0.25, -0.2) is 0 Å². The fourth-order valence-corrected chi connectivity index (χ4v) is 6.50. The molecular formula is C21H15ClNOPS. The molecule has 0 fully saturated rings. The number of allylic oxidation sites excluding steroid dienone is 1. The van der Waals surface area contributed by atoms with Crippen LogP contribution in [0.5, 0.6) is 0 Å². The molecule has 0 radical (unpaired) electrons. The van der Waals surface area contributed by atoms with Gasteiger partial charge >= 0.3 is 0 Å². The Morgan fingerprint density at radius 3 is 1.73 bits per heavy atom. The molecule has 0 aliphatic rings. The minimum atomic E-state index is -2.70. The summed E-state index contributed by atoms with van der Waals surface area (Å²) in [5.74, 6) is -0.0970. The number of hydrogen-bond acceptors (Lipinski definition) is 3. The van der Waals surface area contributed by atoms with Gasteiger partial charge in [-0.15, -0.1) is 0 Å². The van der Waals surface area contributed by atoms with E-state index in [9.17, 15) is 10.4 Å². The average molecular weight is 396 g/mol. The molecule has 0 unspecified atom stereocenters. The Morgan fingerprint density at radius 2 is 1.31 bits per heavy atom. The van der Waals surface area contributed by atoms with Gasteiger partial charge in [0.1, 0.15) is 17.1 Å². The molecule has 0 atom stereocenters. The second kappa shape index (κ2) is 7.89. The second-order valence-electron chi connectivity index (χ2n) is 5.60. The van der Waals surface area contributed by atoms with E-state index in [1.165, 1.54) is 0 Å². The number of aliphatic hydroxyl groups is 1. The number of nitrogens with zero attached hydrogens (tertiary/aromatic N) is 1. The maximum atomic E-state index is 10.9. The van der Waals surface area contributed by atoms with Gasteiger partial charge in [-0.2, -0.15) is 5.26 Å². The summed E-state index contributed by atoms with van der Waals surface area (Å²) in [7, 11) is 0. The third kappa shape index (κ3) is 3.45. The smallest absolute Gasteiger partial charge is 0.142 e. The molecule has 3 aromatic rings. The molecule has 128 valence electrons. The highest BCUT2D eigenvalue weighted by Crippen LogP contribution is 2.53. The Labute approximate surface area is 163 Å². The molecular weight excluding hydrogens is 381 g/mol. The molecule has 3 aromatic carbocycles. The number of nitriles is 1. The van der Waals surface area contributed by atoms with Crippen molar-refractivity contribution in [2.45, 2.75) is 0 Å².